The summed E-state index contributed by atoms with van der Waals surface area (Å²) >= 11 is 0. The maximum Gasteiger partial charge on any atom is 0.188 e. The number of carbonyl (C=O) groups excluding carboxylic acids is 1. The van der Waals surface area contributed by atoms with Gasteiger partial charge in [-0.25, -0.2) is 0 Å². The number of carbonyl (C=O) groups is 1. The highest BCUT2D eigenvalue weighted by molar-refractivity contribution is 6.04. The van der Waals surface area contributed by atoms with Crippen molar-refractivity contribution in [3.8, 4) is 0 Å². The SMILES string of the molecule is CC(C)Cc1ccc(C(=O)C=CO)cc1. The molecule has 15 heavy (non-hydrogen) atoms. The lowest BCUT2D eigenvalue weighted by molar-refractivity contribution is 0.104. The molecule has 2 nitrogen and oxygen atoms in total. The fourth-order valence-corrected chi connectivity index (χ4v) is 1.44. The largest absolute Gasteiger partial charge is 0.515 e. The van der Waals surface area contributed by atoms with Crippen LogP contribution in [0, 0.1) is 5.92 Å². The van der Waals surface area contributed by atoms with Gasteiger partial charge in [-0.15, -0.1) is 0 Å². The van der Waals surface area contributed by atoms with Crippen LogP contribution in [0.1, 0.15) is 29.8 Å². The second kappa shape index (κ2) is 5.35. The Morgan fingerprint density at radius 1 is 1.33 bits per heavy atom. The van der Waals surface area contributed by atoms with E-state index in [1.165, 1.54) is 5.56 Å². The molecular weight excluding hydrogens is 188 g/mol. The molecule has 0 aromatic heterocycles. The Morgan fingerprint density at radius 3 is 2.40 bits per heavy atom. The van der Waals surface area contributed by atoms with Gasteiger partial charge in [-0.05, 0) is 17.9 Å². The minimum atomic E-state index is -0.173. The van der Waals surface area contributed by atoms with Gasteiger partial charge in [0.2, 0.25) is 0 Å². The highest BCUT2D eigenvalue weighted by Gasteiger charge is 2.02. The van der Waals surface area contributed by atoms with E-state index in [0.29, 0.717) is 11.5 Å². The first-order valence-corrected chi connectivity index (χ1v) is 5.07. The summed E-state index contributed by atoms with van der Waals surface area (Å²) in [7, 11) is 0. The summed E-state index contributed by atoms with van der Waals surface area (Å²) in [6.45, 7) is 4.32. The third-order valence-electron chi connectivity index (χ3n) is 2.11. The summed E-state index contributed by atoms with van der Waals surface area (Å²) in [6.07, 6.45) is 2.94. The topological polar surface area (TPSA) is 37.3 Å². The zero-order chi connectivity index (χ0) is 11.3. The van der Waals surface area contributed by atoms with E-state index < -0.39 is 0 Å². The summed E-state index contributed by atoms with van der Waals surface area (Å²) in [6, 6.07) is 7.50. The molecule has 1 aromatic carbocycles. The van der Waals surface area contributed by atoms with Gasteiger partial charge in [0.1, 0.15) is 0 Å². The Labute approximate surface area is 90.3 Å². The molecular formula is C13H16O2. The van der Waals surface area contributed by atoms with E-state index in [1.54, 1.807) is 12.1 Å². The molecule has 0 unspecified atom stereocenters. The monoisotopic (exact) mass is 204 g/mol. The molecule has 0 radical (unpaired) electrons. The first-order chi connectivity index (χ1) is 7.13. The highest BCUT2D eigenvalue weighted by Crippen LogP contribution is 2.10. The first-order valence-electron chi connectivity index (χ1n) is 5.07. The molecule has 1 N–H and O–H groups in total. The van der Waals surface area contributed by atoms with E-state index in [-0.39, 0.29) is 5.78 Å². The van der Waals surface area contributed by atoms with Crippen molar-refractivity contribution in [3.05, 3.63) is 47.7 Å². The molecule has 1 rings (SSSR count). The Bertz CT molecular complexity index is 347. The number of hydrogen-bond acceptors (Lipinski definition) is 2. The average Bonchev–Trinajstić information content (AvgIpc) is 2.18. The smallest absolute Gasteiger partial charge is 0.188 e. The minimum absolute atomic E-state index is 0.173. The summed E-state index contributed by atoms with van der Waals surface area (Å²) in [4.78, 5) is 11.3. The number of ketones is 1. The third kappa shape index (κ3) is 3.58. The molecule has 2 heteroatoms. The summed E-state index contributed by atoms with van der Waals surface area (Å²) in [5.74, 6) is 0.442. The molecule has 0 saturated heterocycles. The Hall–Kier alpha value is -1.57. The molecule has 0 spiro atoms. The molecule has 0 aliphatic carbocycles. The van der Waals surface area contributed by atoms with Gasteiger partial charge in [0.05, 0.1) is 6.26 Å². The fraction of sp³-hybridized carbons (Fsp3) is 0.308. The van der Waals surface area contributed by atoms with Crippen molar-refractivity contribution in [1.82, 2.24) is 0 Å². The Morgan fingerprint density at radius 2 is 1.93 bits per heavy atom. The van der Waals surface area contributed by atoms with Crippen molar-refractivity contribution >= 4 is 5.78 Å². The predicted molar refractivity (Wildman–Crippen MR) is 61.1 cm³/mol. The molecule has 0 saturated carbocycles. The van der Waals surface area contributed by atoms with Crippen LogP contribution in [0.3, 0.4) is 0 Å². The van der Waals surface area contributed by atoms with Crippen molar-refractivity contribution < 1.29 is 9.90 Å². The van der Waals surface area contributed by atoms with Crippen LogP contribution in [0.15, 0.2) is 36.6 Å². The van der Waals surface area contributed by atoms with Crippen molar-refractivity contribution in [2.75, 3.05) is 0 Å². The van der Waals surface area contributed by atoms with E-state index in [0.717, 1.165) is 18.8 Å². The van der Waals surface area contributed by atoms with E-state index in [4.69, 9.17) is 5.11 Å². The third-order valence-corrected chi connectivity index (χ3v) is 2.11. The van der Waals surface area contributed by atoms with Gasteiger partial charge in [-0.1, -0.05) is 38.1 Å². The Balaban J connectivity index is 2.76. The number of benzene rings is 1. The van der Waals surface area contributed by atoms with Crippen molar-refractivity contribution in [3.63, 3.8) is 0 Å². The number of rotatable bonds is 4. The van der Waals surface area contributed by atoms with Gasteiger partial charge in [-0.3, -0.25) is 4.79 Å². The summed E-state index contributed by atoms with van der Waals surface area (Å²) < 4.78 is 0. The summed E-state index contributed by atoms with van der Waals surface area (Å²) in [5, 5.41) is 8.47. The van der Waals surface area contributed by atoms with Gasteiger partial charge in [0, 0.05) is 11.6 Å². The van der Waals surface area contributed by atoms with Crippen LogP contribution in [-0.2, 0) is 6.42 Å². The lowest BCUT2D eigenvalue weighted by atomic mass is 10.0. The molecule has 0 aliphatic heterocycles. The lowest BCUT2D eigenvalue weighted by Gasteiger charge is -2.04. The average molecular weight is 204 g/mol. The van der Waals surface area contributed by atoms with Crippen LogP contribution >= 0.6 is 0 Å². The maximum atomic E-state index is 11.3. The van der Waals surface area contributed by atoms with Crippen LogP contribution in [0.2, 0.25) is 0 Å². The molecule has 0 bridgehead atoms. The van der Waals surface area contributed by atoms with Gasteiger partial charge in [0.25, 0.3) is 0 Å². The summed E-state index contributed by atoms with van der Waals surface area (Å²) in [5.41, 5.74) is 1.84. The quantitative estimate of drug-likeness (QED) is 0.464. The highest BCUT2D eigenvalue weighted by atomic mass is 16.2. The van der Waals surface area contributed by atoms with E-state index in [2.05, 4.69) is 13.8 Å². The van der Waals surface area contributed by atoms with Crippen molar-refractivity contribution in [2.45, 2.75) is 20.3 Å². The predicted octanol–water partition coefficient (Wildman–Crippen LogP) is 3.14. The number of aliphatic hydroxyl groups is 1. The molecule has 0 amide bonds. The van der Waals surface area contributed by atoms with Gasteiger partial charge in [-0.2, -0.15) is 0 Å². The molecule has 80 valence electrons. The van der Waals surface area contributed by atoms with Crippen molar-refractivity contribution in [1.29, 1.82) is 0 Å². The molecule has 0 fully saturated rings. The van der Waals surface area contributed by atoms with Gasteiger partial charge in [0.15, 0.2) is 5.78 Å². The maximum absolute atomic E-state index is 11.3. The zero-order valence-electron chi connectivity index (χ0n) is 9.10. The number of aliphatic hydroxyl groups excluding tert-OH is 1. The van der Waals surface area contributed by atoms with Crippen molar-refractivity contribution in [2.24, 2.45) is 5.92 Å². The number of allylic oxidation sites excluding steroid dienone is 1. The van der Waals surface area contributed by atoms with Gasteiger partial charge < -0.3 is 5.11 Å². The normalized spacial score (nSPS) is 11.1. The minimum Gasteiger partial charge on any atom is -0.515 e. The van der Waals surface area contributed by atoms with Gasteiger partial charge >= 0.3 is 0 Å². The molecule has 1 aromatic rings. The standard InChI is InChI=1S/C13H16O2/c1-10(2)9-11-3-5-12(6-4-11)13(15)7-8-14/h3-8,10,14H,9H2,1-2H3. The molecule has 0 heterocycles. The van der Waals surface area contributed by atoms with E-state index in [1.807, 2.05) is 12.1 Å². The van der Waals surface area contributed by atoms with Crippen LogP contribution in [0.4, 0.5) is 0 Å². The first kappa shape index (κ1) is 11.5. The second-order valence-electron chi connectivity index (χ2n) is 3.97. The second-order valence-corrected chi connectivity index (χ2v) is 3.97. The van der Waals surface area contributed by atoms with Crippen LogP contribution in [0.25, 0.3) is 0 Å². The van der Waals surface area contributed by atoms with Crippen LogP contribution < -0.4 is 0 Å². The Kier molecular flexibility index (Phi) is 4.10. The lowest BCUT2D eigenvalue weighted by Crippen LogP contribution is -1.97. The van der Waals surface area contributed by atoms with Crippen LogP contribution in [0.5, 0.6) is 0 Å². The molecule has 0 aliphatic rings. The molecule has 0 atom stereocenters. The number of hydrogen-bond donors (Lipinski definition) is 1. The van der Waals surface area contributed by atoms with E-state index >= 15 is 0 Å². The fourth-order valence-electron chi connectivity index (χ4n) is 1.44. The zero-order valence-corrected chi connectivity index (χ0v) is 9.10. The van der Waals surface area contributed by atoms with E-state index in [9.17, 15) is 4.79 Å². The van der Waals surface area contributed by atoms with Crippen LogP contribution in [-0.4, -0.2) is 10.9 Å².